The molecule has 0 aliphatic rings. The van der Waals surface area contributed by atoms with E-state index in [1.165, 1.54) is 10.9 Å². The molecule has 1 N–H and O–H groups in total. The zero-order chi connectivity index (χ0) is 15.5. The van der Waals surface area contributed by atoms with Gasteiger partial charge in [-0.2, -0.15) is 5.26 Å². The van der Waals surface area contributed by atoms with E-state index in [0.29, 0.717) is 22.9 Å². The first kappa shape index (κ1) is 14.4. The summed E-state index contributed by atoms with van der Waals surface area (Å²) in [6, 6.07) is 11.9. The highest BCUT2D eigenvalue weighted by atomic mass is 35.5. The summed E-state index contributed by atoms with van der Waals surface area (Å²) < 4.78 is 0. The third kappa shape index (κ3) is 2.63. The number of fused-ring (bicyclic) bond motifs is 1. The van der Waals surface area contributed by atoms with Crippen molar-refractivity contribution in [2.75, 3.05) is 11.4 Å². The van der Waals surface area contributed by atoms with Gasteiger partial charge in [0.1, 0.15) is 11.9 Å². The van der Waals surface area contributed by atoms with Crippen LogP contribution in [0.25, 0.3) is 10.9 Å². The number of para-hydroxylation sites is 1. The number of nitrogens with one attached hydrogen (secondary N) is 1. The third-order valence-corrected chi connectivity index (χ3v) is 3.95. The van der Waals surface area contributed by atoms with Crippen LogP contribution in [0.4, 0.5) is 5.82 Å². The summed E-state index contributed by atoms with van der Waals surface area (Å²) in [7, 11) is 0. The lowest BCUT2D eigenvalue weighted by atomic mass is 10.1. The standard InChI is InChI=1S/C17H15ClN4/c1-2-22(17-15(18)7-12(8-19)9-21-17)11-13-10-20-16-6-4-3-5-14(13)16/h3-7,9-10,20H,2,11H2,1H3. The maximum Gasteiger partial charge on any atom is 0.147 e. The second kappa shape index (κ2) is 6.08. The SMILES string of the molecule is CCN(Cc1c[nH]c2ccccc12)c1ncc(C#N)cc1Cl. The van der Waals surface area contributed by atoms with Gasteiger partial charge in [-0.1, -0.05) is 29.8 Å². The fourth-order valence-corrected chi connectivity index (χ4v) is 2.81. The Kier molecular flexibility index (Phi) is 3.99. The van der Waals surface area contributed by atoms with Crippen molar-refractivity contribution in [2.45, 2.75) is 13.5 Å². The van der Waals surface area contributed by atoms with E-state index in [-0.39, 0.29) is 0 Å². The quantitative estimate of drug-likeness (QED) is 0.788. The predicted molar refractivity (Wildman–Crippen MR) is 89.0 cm³/mol. The summed E-state index contributed by atoms with van der Waals surface area (Å²) in [6.45, 7) is 3.54. The van der Waals surface area contributed by atoms with Crippen molar-refractivity contribution in [2.24, 2.45) is 0 Å². The van der Waals surface area contributed by atoms with Gasteiger partial charge in [-0.05, 0) is 24.6 Å². The van der Waals surface area contributed by atoms with Crippen LogP contribution in [-0.2, 0) is 6.54 Å². The highest BCUT2D eigenvalue weighted by molar-refractivity contribution is 6.33. The average molecular weight is 311 g/mol. The molecule has 2 aromatic heterocycles. The zero-order valence-corrected chi connectivity index (χ0v) is 12.9. The molecule has 0 aliphatic heterocycles. The predicted octanol–water partition coefficient (Wildman–Crippen LogP) is 4.11. The van der Waals surface area contributed by atoms with Crippen LogP contribution in [0.2, 0.25) is 5.02 Å². The molecule has 0 unspecified atom stereocenters. The number of anilines is 1. The van der Waals surface area contributed by atoms with Gasteiger partial charge in [0.05, 0.1) is 10.6 Å². The molecule has 3 rings (SSSR count). The van der Waals surface area contributed by atoms with Gasteiger partial charge in [0, 0.05) is 36.4 Å². The molecule has 1 aromatic carbocycles. The topological polar surface area (TPSA) is 55.7 Å². The number of H-pyrrole nitrogens is 1. The van der Waals surface area contributed by atoms with E-state index in [2.05, 4.69) is 40.0 Å². The van der Waals surface area contributed by atoms with Crippen LogP contribution >= 0.6 is 11.6 Å². The molecule has 5 heteroatoms. The second-order valence-electron chi connectivity index (χ2n) is 5.01. The minimum atomic E-state index is 0.469. The molecule has 0 saturated carbocycles. The second-order valence-corrected chi connectivity index (χ2v) is 5.42. The Morgan fingerprint density at radius 3 is 2.91 bits per heavy atom. The molecule has 0 radical (unpaired) electrons. The molecule has 0 aliphatic carbocycles. The molecule has 0 atom stereocenters. The molecule has 22 heavy (non-hydrogen) atoms. The molecule has 2 heterocycles. The van der Waals surface area contributed by atoms with E-state index in [4.69, 9.17) is 16.9 Å². The van der Waals surface area contributed by atoms with Gasteiger partial charge in [-0.15, -0.1) is 0 Å². The number of benzene rings is 1. The molecule has 3 aromatic rings. The summed E-state index contributed by atoms with van der Waals surface area (Å²) in [5, 5.41) is 10.6. The Bertz CT molecular complexity index is 847. The number of rotatable bonds is 4. The van der Waals surface area contributed by atoms with Crippen molar-refractivity contribution in [3.05, 3.63) is 58.9 Å². The van der Waals surface area contributed by atoms with Gasteiger partial charge in [0.15, 0.2) is 0 Å². The van der Waals surface area contributed by atoms with E-state index >= 15 is 0 Å². The molecule has 0 fully saturated rings. The van der Waals surface area contributed by atoms with Crippen LogP contribution in [0.1, 0.15) is 18.1 Å². The Morgan fingerprint density at radius 1 is 1.36 bits per heavy atom. The van der Waals surface area contributed by atoms with E-state index in [0.717, 1.165) is 12.1 Å². The lowest BCUT2D eigenvalue weighted by Crippen LogP contribution is -2.23. The maximum absolute atomic E-state index is 8.91. The first-order valence-electron chi connectivity index (χ1n) is 7.08. The average Bonchev–Trinajstić information content (AvgIpc) is 2.96. The minimum Gasteiger partial charge on any atom is -0.361 e. The molecule has 0 saturated heterocycles. The van der Waals surface area contributed by atoms with Gasteiger partial charge in [0.2, 0.25) is 0 Å². The van der Waals surface area contributed by atoms with Gasteiger partial charge in [-0.3, -0.25) is 0 Å². The van der Waals surface area contributed by atoms with Gasteiger partial charge in [0.25, 0.3) is 0 Å². The Labute approximate surface area is 134 Å². The van der Waals surface area contributed by atoms with Crippen LogP contribution in [0.15, 0.2) is 42.7 Å². The van der Waals surface area contributed by atoms with Crippen molar-refractivity contribution < 1.29 is 0 Å². The third-order valence-electron chi connectivity index (χ3n) is 3.67. The Hall–Kier alpha value is -2.51. The Balaban J connectivity index is 1.94. The van der Waals surface area contributed by atoms with Crippen LogP contribution in [0.3, 0.4) is 0 Å². The highest BCUT2D eigenvalue weighted by Crippen LogP contribution is 2.27. The van der Waals surface area contributed by atoms with E-state index in [1.54, 1.807) is 12.3 Å². The molecule has 0 bridgehead atoms. The summed E-state index contributed by atoms with van der Waals surface area (Å²) in [6.07, 6.45) is 3.57. The number of nitrogens with zero attached hydrogens (tertiary/aromatic N) is 3. The van der Waals surface area contributed by atoms with Gasteiger partial charge in [-0.25, -0.2) is 4.98 Å². The van der Waals surface area contributed by atoms with E-state index in [1.807, 2.05) is 18.3 Å². The lowest BCUT2D eigenvalue weighted by molar-refractivity contribution is 0.817. The van der Waals surface area contributed by atoms with Crippen LogP contribution in [0, 0.1) is 11.3 Å². The highest BCUT2D eigenvalue weighted by Gasteiger charge is 2.14. The fraction of sp³-hybridized carbons (Fsp3) is 0.176. The Morgan fingerprint density at radius 2 is 2.18 bits per heavy atom. The fourth-order valence-electron chi connectivity index (χ4n) is 2.53. The number of hydrogen-bond acceptors (Lipinski definition) is 3. The molecule has 0 spiro atoms. The van der Waals surface area contributed by atoms with Crippen molar-refractivity contribution in [1.82, 2.24) is 9.97 Å². The molecule has 0 amide bonds. The van der Waals surface area contributed by atoms with Crippen molar-refractivity contribution in [3.63, 3.8) is 0 Å². The number of halogens is 1. The monoisotopic (exact) mass is 310 g/mol. The maximum atomic E-state index is 8.91. The largest absolute Gasteiger partial charge is 0.361 e. The summed E-state index contributed by atoms with van der Waals surface area (Å²) in [5.74, 6) is 0.702. The smallest absolute Gasteiger partial charge is 0.147 e. The van der Waals surface area contributed by atoms with E-state index < -0.39 is 0 Å². The lowest BCUT2D eigenvalue weighted by Gasteiger charge is -2.22. The number of aromatic nitrogens is 2. The minimum absolute atomic E-state index is 0.469. The molecular weight excluding hydrogens is 296 g/mol. The van der Waals surface area contributed by atoms with Crippen LogP contribution < -0.4 is 4.90 Å². The van der Waals surface area contributed by atoms with Crippen LogP contribution in [0.5, 0.6) is 0 Å². The van der Waals surface area contributed by atoms with Crippen LogP contribution in [-0.4, -0.2) is 16.5 Å². The van der Waals surface area contributed by atoms with Gasteiger partial charge >= 0.3 is 0 Å². The van der Waals surface area contributed by atoms with Crippen molar-refractivity contribution >= 4 is 28.3 Å². The first-order valence-corrected chi connectivity index (χ1v) is 7.46. The number of aromatic amines is 1. The molecular formula is C17H15ClN4. The van der Waals surface area contributed by atoms with Crippen molar-refractivity contribution in [3.8, 4) is 6.07 Å². The molecule has 110 valence electrons. The summed E-state index contributed by atoms with van der Waals surface area (Å²) in [4.78, 5) is 9.72. The number of hydrogen-bond donors (Lipinski definition) is 1. The van der Waals surface area contributed by atoms with Gasteiger partial charge < -0.3 is 9.88 Å². The summed E-state index contributed by atoms with van der Waals surface area (Å²) >= 11 is 6.28. The van der Waals surface area contributed by atoms with E-state index in [9.17, 15) is 0 Å². The normalized spacial score (nSPS) is 10.6. The first-order chi connectivity index (χ1) is 10.7. The number of nitriles is 1. The summed E-state index contributed by atoms with van der Waals surface area (Å²) in [5.41, 5.74) is 2.78. The number of pyridine rings is 1. The molecule has 4 nitrogen and oxygen atoms in total. The van der Waals surface area contributed by atoms with Crippen molar-refractivity contribution in [1.29, 1.82) is 5.26 Å². The zero-order valence-electron chi connectivity index (χ0n) is 12.2.